The second kappa shape index (κ2) is 7.44. The van der Waals surface area contributed by atoms with Gasteiger partial charge in [-0.2, -0.15) is 0 Å². The average Bonchev–Trinajstić information content (AvgIpc) is 3.03. The monoisotopic (exact) mass is 295 g/mol. The molecule has 0 spiro atoms. The van der Waals surface area contributed by atoms with Gasteiger partial charge in [-0.1, -0.05) is 31.7 Å². The molecule has 0 amide bonds. The first-order chi connectivity index (χ1) is 9.70. The fourth-order valence-corrected chi connectivity index (χ4v) is 2.48. The van der Waals surface area contributed by atoms with Crippen molar-refractivity contribution in [2.24, 2.45) is 0 Å². The molecule has 2 rings (SSSR count). The summed E-state index contributed by atoms with van der Waals surface area (Å²) in [4.78, 5) is 0.908. The van der Waals surface area contributed by atoms with Gasteiger partial charge in [-0.3, -0.25) is 0 Å². The molecule has 0 unspecified atom stereocenters. The zero-order valence-corrected chi connectivity index (χ0v) is 13.0. The smallest absolute Gasteiger partial charge is 0.261 e. The van der Waals surface area contributed by atoms with Crippen LogP contribution in [0.1, 0.15) is 45.2 Å². The van der Waals surface area contributed by atoms with Crippen molar-refractivity contribution in [3.8, 4) is 10.8 Å². The Hall–Kier alpha value is -1.34. The summed E-state index contributed by atoms with van der Waals surface area (Å²) in [6.45, 7) is 7.34. The molecule has 0 radical (unpaired) electrons. The quantitative estimate of drug-likeness (QED) is 0.754. The minimum Gasteiger partial charge on any atom is -0.420 e. The van der Waals surface area contributed by atoms with E-state index in [2.05, 4.69) is 45.9 Å². The molecule has 0 saturated carbocycles. The SMILES string of the molecule is CCCc1nnsc1-c1nnc(CCCNC(C)C)o1. The highest BCUT2D eigenvalue weighted by atomic mass is 32.1. The Morgan fingerprint density at radius 1 is 1.20 bits per heavy atom. The zero-order valence-electron chi connectivity index (χ0n) is 12.2. The van der Waals surface area contributed by atoms with Crippen LogP contribution in [0.2, 0.25) is 0 Å². The molecule has 2 aromatic heterocycles. The molecule has 2 heterocycles. The van der Waals surface area contributed by atoms with Crippen LogP contribution in [0.5, 0.6) is 0 Å². The van der Waals surface area contributed by atoms with E-state index in [0.717, 1.165) is 42.8 Å². The molecule has 0 aliphatic carbocycles. The van der Waals surface area contributed by atoms with Gasteiger partial charge in [0, 0.05) is 12.5 Å². The largest absolute Gasteiger partial charge is 0.420 e. The van der Waals surface area contributed by atoms with Gasteiger partial charge in [0.25, 0.3) is 5.89 Å². The number of nitrogens with zero attached hydrogens (tertiary/aromatic N) is 4. The Morgan fingerprint density at radius 2 is 2.05 bits per heavy atom. The maximum absolute atomic E-state index is 5.70. The fraction of sp³-hybridized carbons (Fsp3) is 0.692. The van der Waals surface area contributed by atoms with Crippen molar-refractivity contribution in [2.75, 3.05) is 6.54 Å². The molecule has 110 valence electrons. The highest BCUT2D eigenvalue weighted by Crippen LogP contribution is 2.25. The van der Waals surface area contributed by atoms with Gasteiger partial charge in [-0.15, -0.1) is 15.3 Å². The Bertz CT molecular complexity index is 522. The van der Waals surface area contributed by atoms with Gasteiger partial charge in [-0.05, 0) is 30.9 Å². The molecule has 0 atom stereocenters. The number of hydrogen-bond acceptors (Lipinski definition) is 7. The zero-order chi connectivity index (χ0) is 14.4. The molecule has 2 aromatic rings. The van der Waals surface area contributed by atoms with Crippen LogP contribution in [-0.4, -0.2) is 32.4 Å². The van der Waals surface area contributed by atoms with Crippen LogP contribution in [0.4, 0.5) is 0 Å². The van der Waals surface area contributed by atoms with E-state index in [1.54, 1.807) is 0 Å². The predicted molar refractivity (Wildman–Crippen MR) is 78.7 cm³/mol. The van der Waals surface area contributed by atoms with Gasteiger partial charge in [-0.25, -0.2) is 0 Å². The molecule has 7 heteroatoms. The van der Waals surface area contributed by atoms with Gasteiger partial charge in [0.2, 0.25) is 5.89 Å². The molecule has 0 fully saturated rings. The molecular formula is C13H21N5OS. The lowest BCUT2D eigenvalue weighted by atomic mass is 10.2. The van der Waals surface area contributed by atoms with E-state index in [1.807, 2.05) is 0 Å². The number of rotatable bonds is 8. The van der Waals surface area contributed by atoms with Crippen LogP contribution in [0.3, 0.4) is 0 Å². The normalized spacial score (nSPS) is 11.4. The van der Waals surface area contributed by atoms with Crippen molar-refractivity contribution in [2.45, 2.75) is 52.5 Å². The van der Waals surface area contributed by atoms with Crippen LogP contribution in [-0.2, 0) is 12.8 Å². The van der Waals surface area contributed by atoms with Crippen molar-refractivity contribution in [3.63, 3.8) is 0 Å². The lowest BCUT2D eigenvalue weighted by Gasteiger charge is -2.05. The first-order valence-electron chi connectivity index (χ1n) is 7.08. The van der Waals surface area contributed by atoms with Gasteiger partial charge in [0.1, 0.15) is 4.88 Å². The Kier molecular flexibility index (Phi) is 5.60. The number of aromatic nitrogens is 4. The number of nitrogens with one attached hydrogen (secondary N) is 1. The molecule has 1 N–H and O–H groups in total. The third kappa shape index (κ3) is 4.08. The summed E-state index contributed by atoms with van der Waals surface area (Å²) in [6.07, 6.45) is 3.70. The van der Waals surface area contributed by atoms with Gasteiger partial charge in [0.05, 0.1) is 5.69 Å². The van der Waals surface area contributed by atoms with Gasteiger partial charge >= 0.3 is 0 Å². The molecule has 0 aliphatic rings. The van der Waals surface area contributed by atoms with E-state index in [9.17, 15) is 0 Å². The van der Waals surface area contributed by atoms with E-state index in [-0.39, 0.29) is 0 Å². The first kappa shape index (κ1) is 15.1. The van der Waals surface area contributed by atoms with Crippen LogP contribution >= 0.6 is 11.5 Å². The minimum atomic E-state index is 0.508. The lowest BCUT2D eigenvalue weighted by molar-refractivity contribution is 0.484. The Balaban J connectivity index is 1.93. The Morgan fingerprint density at radius 3 is 2.80 bits per heavy atom. The number of hydrogen-bond donors (Lipinski definition) is 1. The summed E-state index contributed by atoms with van der Waals surface area (Å²) in [5, 5.41) is 15.7. The van der Waals surface area contributed by atoms with Crippen molar-refractivity contribution < 1.29 is 4.42 Å². The molecule has 0 bridgehead atoms. The third-order valence-electron chi connectivity index (χ3n) is 2.82. The second-order valence-corrected chi connectivity index (χ2v) is 5.77. The minimum absolute atomic E-state index is 0.508. The van der Waals surface area contributed by atoms with E-state index in [1.165, 1.54) is 11.5 Å². The highest BCUT2D eigenvalue weighted by Gasteiger charge is 2.16. The standard InChI is InChI=1S/C13H21N5OS/c1-4-6-10-12(20-18-15-10)13-17-16-11(19-13)7-5-8-14-9(2)3/h9,14H,4-8H2,1-3H3. The molecule has 0 aliphatic heterocycles. The Labute approximate surface area is 123 Å². The van der Waals surface area contributed by atoms with E-state index in [0.29, 0.717) is 17.8 Å². The summed E-state index contributed by atoms with van der Waals surface area (Å²) in [7, 11) is 0. The molecule has 0 aromatic carbocycles. The van der Waals surface area contributed by atoms with Gasteiger partial charge in [0.15, 0.2) is 0 Å². The summed E-state index contributed by atoms with van der Waals surface area (Å²) in [6, 6.07) is 0.508. The van der Waals surface area contributed by atoms with Crippen LogP contribution in [0.25, 0.3) is 10.8 Å². The number of aryl methyl sites for hydroxylation is 2. The van der Waals surface area contributed by atoms with Crippen molar-refractivity contribution in [1.29, 1.82) is 0 Å². The van der Waals surface area contributed by atoms with E-state index < -0.39 is 0 Å². The average molecular weight is 295 g/mol. The van der Waals surface area contributed by atoms with Crippen molar-refractivity contribution >= 4 is 11.5 Å². The van der Waals surface area contributed by atoms with E-state index in [4.69, 9.17) is 4.42 Å². The molecule has 20 heavy (non-hydrogen) atoms. The molecule has 6 nitrogen and oxygen atoms in total. The van der Waals surface area contributed by atoms with Crippen LogP contribution in [0.15, 0.2) is 4.42 Å². The topological polar surface area (TPSA) is 76.7 Å². The maximum Gasteiger partial charge on any atom is 0.261 e. The summed E-state index contributed by atoms with van der Waals surface area (Å²) in [5.41, 5.74) is 0.953. The lowest BCUT2D eigenvalue weighted by Crippen LogP contribution is -2.23. The van der Waals surface area contributed by atoms with E-state index >= 15 is 0 Å². The predicted octanol–water partition coefficient (Wildman–Crippen LogP) is 2.47. The maximum atomic E-state index is 5.70. The third-order valence-corrected chi connectivity index (χ3v) is 3.58. The molecular weight excluding hydrogens is 274 g/mol. The molecule has 0 saturated heterocycles. The first-order valence-corrected chi connectivity index (χ1v) is 7.85. The van der Waals surface area contributed by atoms with Crippen LogP contribution in [0, 0.1) is 0 Å². The van der Waals surface area contributed by atoms with Crippen LogP contribution < -0.4 is 5.32 Å². The summed E-state index contributed by atoms with van der Waals surface area (Å²) < 4.78 is 9.68. The van der Waals surface area contributed by atoms with Gasteiger partial charge < -0.3 is 9.73 Å². The van der Waals surface area contributed by atoms with Crippen molar-refractivity contribution in [3.05, 3.63) is 11.6 Å². The van der Waals surface area contributed by atoms with Crippen molar-refractivity contribution in [1.82, 2.24) is 25.1 Å². The highest BCUT2D eigenvalue weighted by molar-refractivity contribution is 7.09. The summed E-state index contributed by atoms with van der Waals surface area (Å²) in [5.74, 6) is 1.23. The summed E-state index contributed by atoms with van der Waals surface area (Å²) >= 11 is 1.32. The fourth-order valence-electron chi connectivity index (χ4n) is 1.85. The second-order valence-electron chi connectivity index (χ2n) is 5.01.